The Labute approximate surface area is 405 Å². The third-order valence-corrected chi connectivity index (χ3v) is 12.6. The lowest BCUT2D eigenvalue weighted by molar-refractivity contribution is -0.307. The van der Waals surface area contributed by atoms with Crippen molar-refractivity contribution in [3.63, 3.8) is 0 Å². The molecular weight excluding hydrogens is 901 g/mol. The molecule has 0 aliphatic carbocycles. The van der Waals surface area contributed by atoms with Crippen molar-refractivity contribution in [3.05, 3.63) is 85.1 Å². The third kappa shape index (κ3) is 20.6. The number of nitrogens with one attached hydrogen (secondary N) is 1. The zero-order valence-corrected chi connectivity index (χ0v) is 40.5. The maximum Gasteiger partial charge on any atom is 0.308 e. The molecule has 3 aliphatic rings. The lowest BCUT2D eigenvalue weighted by Gasteiger charge is -2.46. The number of ether oxygens (including phenoxy) is 5. The predicted molar refractivity (Wildman–Crippen MR) is 254 cm³/mol. The molecule has 2 bridgehead atoms. The third-order valence-electron chi connectivity index (χ3n) is 12.6. The first-order chi connectivity index (χ1) is 32.7. The molecule has 13 N–H and O–H groups in total. The van der Waals surface area contributed by atoms with E-state index in [2.05, 4.69) is 5.32 Å². The van der Waals surface area contributed by atoms with Crippen LogP contribution in [0.3, 0.4) is 0 Å². The van der Waals surface area contributed by atoms with Crippen LogP contribution in [0.2, 0.25) is 0 Å². The number of allylic oxidation sites excluding steroid dienone is 12. The molecule has 0 saturated carbocycles. The molecule has 3 rings (SSSR count). The van der Waals surface area contributed by atoms with Gasteiger partial charge in [-0.05, 0) is 33.1 Å². The summed E-state index contributed by atoms with van der Waals surface area (Å²) in [5, 5.41) is 112. The summed E-state index contributed by atoms with van der Waals surface area (Å²) in [4.78, 5) is 26.3. The molecule has 19 nitrogen and oxygen atoms in total. The number of carbonyl (C=O) groups excluding carboxylic acids is 2. The van der Waals surface area contributed by atoms with Crippen LogP contribution in [-0.4, -0.2) is 181 Å². The van der Waals surface area contributed by atoms with Crippen LogP contribution in [0.1, 0.15) is 79.1 Å². The van der Waals surface area contributed by atoms with E-state index in [1.807, 2.05) is 43.4 Å². The van der Waals surface area contributed by atoms with Gasteiger partial charge in [0, 0.05) is 51.2 Å². The minimum Gasteiger partial charge on any atom is -0.462 e. The van der Waals surface area contributed by atoms with Crippen LogP contribution >= 0.6 is 0 Å². The Hall–Kier alpha value is -3.48. The molecule has 3 heterocycles. The van der Waals surface area contributed by atoms with Gasteiger partial charge >= 0.3 is 5.97 Å². The van der Waals surface area contributed by atoms with Crippen LogP contribution < -0.4 is 11.1 Å². The van der Waals surface area contributed by atoms with Gasteiger partial charge in [-0.3, -0.25) is 9.59 Å². The first-order valence-electron chi connectivity index (χ1n) is 23.9. The lowest BCUT2D eigenvalue weighted by Crippen LogP contribution is -2.62. The Balaban J connectivity index is 1.92. The van der Waals surface area contributed by atoms with Crippen LogP contribution in [0.15, 0.2) is 85.1 Å². The summed E-state index contributed by atoms with van der Waals surface area (Å²) in [5.74, 6) is -5.64. The summed E-state index contributed by atoms with van der Waals surface area (Å²) in [6, 6.07) is -1.13. The van der Waals surface area contributed by atoms with Gasteiger partial charge in [0.15, 0.2) is 12.1 Å². The van der Waals surface area contributed by atoms with Gasteiger partial charge in [0.2, 0.25) is 5.91 Å². The topological polar surface area (TPSA) is 321 Å². The number of carbonyl (C=O) groups is 2. The van der Waals surface area contributed by atoms with E-state index in [4.69, 9.17) is 29.4 Å². The monoisotopic (exact) mass is 981 g/mol. The van der Waals surface area contributed by atoms with Gasteiger partial charge in [0.05, 0.1) is 92.1 Å². The number of hydrogen-bond donors (Lipinski definition) is 12. The first kappa shape index (κ1) is 59.8. The van der Waals surface area contributed by atoms with E-state index < -0.39 is 147 Å². The van der Waals surface area contributed by atoms with Crippen molar-refractivity contribution in [1.82, 2.24) is 5.32 Å². The largest absolute Gasteiger partial charge is 0.462 e. The summed E-state index contributed by atoms with van der Waals surface area (Å²) < 4.78 is 28.7. The fourth-order valence-electron chi connectivity index (χ4n) is 8.38. The zero-order chi connectivity index (χ0) is 51.3. The number of esters is 1. The summed E-state index contributed by atoms with van der Waals surface area (Å²) in [6.45, 7) is 7.04. The molecule has 0 aromatic carbocycles. The predicted octanol–water partition coefficient (Wildman–Crippen LogP) is 0.390. The summed E-state index contributed by atoms with van der Waals surface area (Å²) in [7, 11) is 1.45. The van der Waals surface area contributed by atoms with Gasteiger partial charge in [0.1, 0.15) is 12.2 Å². The SMILES string of the molecule is COCCNC(=O)[C@H]1[C@@H]2C[C@@H](O[C@@H]3O[C@H](C)[C@@H](O)[C@H](N)[C@@H]3O)/C=C/C=C/C=C/C=C/C=C/C=C/C=C/[C@H](C)[C@@H](O)[C@@H](C)[C@H](C)OC(=O)C[C@H](O)C[C@H](O)CC[C@@H](O)[C@H](O)C[C@H](O)C[C@](O)(C[C@@H]1O)O2. The highest BCUT2D eigenvalue weighted by molar-refractivity contribution is 5.80. The quantitative estimate of drug-likeness (QED) is 0.127. The number of aliphatic hydroxyl groups excluding tert-OH is 9. The number of nitrogens with two attached hydrogens (primary N) is 1. The van der Waals surface area contributed by atoms with Crippen molar-refractivity contribution in [2.24, 2.45) is 23.5 Å². The molecule has 19 heteroatoms. The van der Waals surface area contributed by atoms with Gasteiger partial charge in [-0.2, -0.15) is 0 Å². The van der Waals surface area contributed by atoms with Crippen molar-refractivity contribution in [2.75, 3.05) is 20.3 Å². The van der Waals surface area contributed by atoms with Gasteiger partial charge in [-0.25, -0.2) is 0 Å². The molecule has 1 amide bonds. The molecule has 392 valence electrons. The second kappa shape index (κ2) is 30.4. The van der Waals surface area contributed by atoms with Crippen LogP contribution in [-0.2, 0) is 33.3 Å². The first-order valence-corrected chi connectivity index (χ1v) is 23.9. The average Bonchev–Trinajstić information content (AvgIpc) is 3.27. The molecule has 19 atom stereocenters. The Morgan fingerprint density at radius 3 is 1.91 bits per heavy atom. The van der Waals surface area contributed by atoms with Gasteiger partial charge < -0.3 is 85.8 Å². The van der Waals surface area contributed by atoms with E-state index in [-0.39, 0.29) is 44.8 Å². The second-order valence-electron chi connectivity index (χ2n) is 18.5. The highest BCUT2D eigenvalue weighted by atomic mass is 16.7. The number of amides is 1. The molecular formula is C50H80N2O17. The van der Waals surface area contributed by atoms with Crippen LogP contribution in [0.25, 0.3) is 0 Å². The smallest absolute Gasteiger partial charge is 0.308 e. The minimum atomic E-state index is -2.27. The number of aliphatic hydroxyl groups is 10. The molecule has 0 unspecified atom stereocenters. The number of methoxy groups -OCH3 is 1. The maximum atomic E-state index is 13.6. The molecule has 69 heavy (non-hydrogen) atoms. The molecule has 3 aliphatic heterocycles. The fourth-order valence-corrected chi connectivity index (χ4v) is 8.38. The number of rotatable bonds is 6. The highest BCUT2D eigenvalue weighted by Gasteiger charge is 2.51. The van der Waals surface area contributed by atoms with Crippen LogP contribution in [0.5, 0.6) is 0 Å². The van der Waals surface area contributed by atoms with E-state index in [0.29, 0.717) is 0 Å². The highest BCUT2D eigenvalue weighted by Crippen LogP contribution is 2.38. The Kier molecular flexibility index (Phi) is 26.4. The van der Waals surface area contributed by atoms with E-state index in [1.165, 1.54) is 7.11 Å². The minimum absolute atomic E-state index is 0.0871. The summed E-state index contributed by atoms with van der Waals surface area (Å²) >= 11 is 0. The number of fused-ring (bicyclic) bond motifs is 2. The lowest BCUT2D eigenvalue weighted by atomic mass is 9.82. The Bertz CT molecular complexity index is 1740. The average molecular weight is 981 g/mol. The molecule has 0 aromatic heterocycles. The van der Waals surface area contributed by atoms with Crippen molar-refractivity contribution >= 4 is 11.9 Å². The fraction of sp³-hybridized carbons (Fsp3) is 0.680. The van der Waals surface area contributed by atoms with Crippen molar-refractivity contribution < 1.29 is 84.3 Å². The number of cyclic esters (lactones) is 1. The molecule has 2 fully saturated rings. The van der Waals surface area contributed by atoms with E-state index in [9.17, 15) is 60.7 Å². The van der Waals surface area contributed by atoms with Crippen LogP contribution in [0.4, 0.5) is 0 Å². The number of hydrogen-bond acceptors (Lipinski definition) is 18. The van der Waals surface area contributed by atoms with E-state index in [0.717, 1.165) is 0 Å². The summed E-state index contributed by atoms with van der Waals surface area (Å²) in [5.41, 5.74) is 6.09. The molecule has 2 saturated heterocycles. The van der Waals surface area contributed by atoms with Crippen molar-refractivity contribution in [2.45, 2.75) is 177 Å². The van der Waals surface area contributed by atoms with E-state index in [1.54, 1.807) is 69.4 Å². The second-order valence-corrected chi connectivity index (χ2v) is 18.5. The van der Waals surface area contributed by atoms with Crippen molar-refractivity contribution in [1.29, 1.82) is 0 Å². The van der Waals surface area contributed by atoms with Gasteiger partial charge in [-0.15, -0.1) is 0 Å². The summed E-state index contributed by atoms with van der Waals surface area (Å²) in [6.07, 6.45) is 4.65. The maximum absolute atomic E-state index is 13.6. The van der Waals surface area contributed by atoms with E-state index >= 15 is 0 Å². The van der Waals surface area contributed by atoms with Crippen LogP contribution in [0, 0.1) is 17.8 Å². The van der Waals surface area contributed by atoms with Gasteiger partial charge in [0.25, 0.3) is 0 Å². The van der Waals surface area contributed by atoms with Crippen molar-refractivity contribution in [3.8, 4) is 0 Å². The molecule has 0 radical (unpaired) electrons. The Morgan fingerprint density at radius 1 is 0.710 bits per heavy atom. The zero-order valence-electron chi connectivity index (χ0n) is 40.5. The molecule has 0 spiro atoms. The normalized spacial score (nSPS) is 43.5. The molecule has 0 aromatic rings. The van der Waals surface area contributed by atoms with Gasteiger partial charge in [-0.1, -0.05) is 98.9 Å². The standard InChI is InChI=1S/C50H80N2O17/c1-30-18-16-14-12-10-8-6-7-9-11-13-15-17-19-37(68-49-47(62)44(51)46(61)33(4)67-49)27-41-43(48(63)52-22-23-65-5)40(58)29-50(64,69-41)28-36(55)25-39(57)38(56)21-20-34(53)24-35(54)26-42(59)66-32(3)31(2)45(30)60/h6-19,30-41,43-47,49,53-58,60-62,64H,20-29,51H2,1-5H3,(H,52,63)/b7-6+,10-8+,11-9+,14-12+,15-13+,18-16+,19-17+/t30-,31-,32-,33+,34+,35+,36-,37-,38+,39+,40-,41-,43+,44-,45+,46+,47-,49-,50+/m0/s1. The Morgan fingerprint density at radius 2 is 1.30 bits per heavy atom.